The van der Waals surface area contributed by atoms with Gasteiger partial charge in [0.2, 0.25) is 0 Å². The minimum absolute atomic E-state index is 0.467. The summed E-state index contributed by atoms with van der Waals surface area (Å²) in [6.07, 6.45) is 10.0. The first-order valence-electron chi connectivity index (χ1n) is 7.74. The van der Waals surface area contributed by atoms with E-state index in [0.29, 0.717) is 5.57 Å². The summed E-state index contributed by atoms with van der Waals surface area (Å²) in [6, 6.07) is 0. The Bertz CT molecular complexity index is 253. The molecule has 0 heterocycles. The summed E-state index contributed by atoms with van der Waals surface area (Å²) in [5.41, 5.74) is 0.467. The first kappa shape index (κ1) is 18.2. The van der Waals surface area contributed by atoms with E-state index in [1.165, 1.54) is 38.8 Å². The Kier molecular flexibility index (Phi) is 11.7. The predicted molar refractivity (Wildman–Crippen MR) is 81.5 cm³/mol. The Balaban J connectivity index is 3.78. The van der Waals surface area contributed by atoms with Crippen molar-refractivity contribution in [2.24, 2.45) is 0 Å². The average molecular weight is 269 g/mol. The van der Waals surface area contributed by atoms with Crippen molar-refractivity contribution in [2.75, 3.05) is 19.6 Å². The van der Waals surface area contributed by atoms with Crippen molar-refractivity contribution >= 4 is 5.97 Å². The van der Waals surface area contributed by atoms with Crippen LogP contribution in [0.1, 0.15) is 65.7 Å². The molecule has 0 amide bonds. The number of carboxylic acids is 1. The van der Waals surface area contributed by atoms with Gasteiger partial charge in [0.05, 0.1) is 0 Å². The fourth-order valence-electron chi connectivity index (χ4n) is 1.98. The molecule has 0 rings (SSSR count). The van der Waals surface area contributed by atoms with Gasteiger partial charge in [0.15, 0.2) is 0 Å². The van der Waals surface area contributed by atoms with Gasteiger partial charge in [-0.05, 0) is 58.7 Å². The number of unbranched alkanes of at least 4 members (excludes halogenated alkanes) is 4. The van der Waals surface area contributed by atoms with E-state index in [0.717, 1.165) is 25.8 Å². The SMILES string of the molecule is CCCCN(CCCC)CCCCC=C(C)C(=O)O. The Labute approximate surface area is 118 Å². The van der Waals surface area contributed by atoms with Crippen molar-refractivity contribution in [1.29, 1.82) is 0 Å². The zero-order valence-corrected chi connectivity index (χ0v) is 13.0. The molecule has 0 aliphatic carbocycles. The largest absolute Gasteiger partial charge is 0.478 e. The lowest BCUT2D eigenvalue weighted by atomic mass is 10.1. The number of allylic oxidation sites excluding steroid dienone is 1. The van der Waals surface area contributed by atoms with Gasteiger partial charge < -0.3 is 10.0 Å². The Morgan fingerprint density at radius 1 is 1.00 bits per heavy atom. The van der Waals surface area contributed by atoms with Crippen LogP contribution < -0.4 is 0 Å². The van der Waals surface area contributed by atoms with E-state index in [9.17, 15) is 4.79 Å². The molecular weight excluding hydrogens is 238 g/mol. The highest BCUT2D eigenvalue weighted by Gasteiger charge is 2.03. The third kappa shape index (κ3) is 10.8. The molecule has 0 saturated carbocycles. The lowest BCUT2D eigenvalue weighted by molar-refractivity contribution is -0.132. The maximum absolute atomic E-state index is 10.6. The summed E-state index contributed by atoms with van der Waals surface area (Å²) in [7, 11) is 0. The van der Waals surface area contributed by atoms with E-state index >= 15 is 0 Å². The molecule has 0 fully saturated rings. The van der Waals surface area contributed by atoms with Crippen LogP contribution in [0.15, 0.2) is 11.6 Å². The summed E-state index contributed by atoms with van der Waals surface area (Å²) >= 11 is 0. The van der Waals surface area contributed by atoms with Gasteiger partial charge in [0.1, 0.15) is 0 Å². The van der Waals surface area contributed by atoms with Crippen LogP contribution in [0.5, 0.6) is 0 Å². The normalized spacial score (nSPS) is 12.1. The van der Waals surface area contributed by atoms with Gasteiger partial charge in [0, 0.05) is 5.57 Å². The van der Waals surface area contributed by atoms with E-state index in [2.05, 4.69) is 18.7 Å². The summed E-state index contributed by atoms with van der Waals surface area (Å²) in [6.45, 7) is 9.70. The zero-order chi connectivity index (χ0) is 14.5. The zero-order valence-electron chi connectivity index (χ0n) is 13.0. The number of hydrogen-bond donors (Lipinski definition) is 1. The quantitative estimate of drug-likeness (QED) is 0.428. The topological polar surface area (TPSA) is 40.5 Å². The van der Waals surface area contributed by atoms with Crippen LogP contribution in [-0.2, 0) is 4.79 Å². The van der Waals surface area contributed by atoms with Crippen LogP contribution in [0.2, 0.25) is 0 Å². The van der Waals surface area contributed by atoms with Crippen molar-refractivity contribution in [2.45, 2.75) is 65.7 Å². The predicted octanol–water partition coefficient (Wildman–Crippen LogP) is 4.09. The van der Waals surface area contributed by atoms with Gasteiger partial charge in [-0.15, -0.1) is 0 Å². The van der Waals surface area contributed by atoms with Gasteiger partial charge in [0.25, 0.3) is 0 Å². The van der Waals surface area contributed by atoms with Gasteiger partial charge >= 0.3 is 5.97 Å². The lowest BCUT2D eigenvalue weighted by Crippen LogP contribution is -2.27. The van der Waals surface area contributed by atoms with Crippen molar-refractivity contribution in [3.63, 3.8) is 0 Å². The van der Waals surface area contributed by atoms with Crippen LogP contribution in [0.3, 0.4) is 0 Å². The monoisotopic (exact) mass is 269 g/mol. The van der Waals surface area contributed by atoms with E-state index in [1.807, 2.05) is 6.08 Å². The molecular formula is C16H31NO2. The fraction of sp³-hybridized carbons (Fsp3) is 0.812. The molecule has 0 radical (unpaired) electrons. The average Bonchev–Trinajstić information content (AvgIpc) is 2.40. The first-order valence-corrected chi connectivity index (χ1v) is 7.74. The van der Waals surface area contributed by atoms with E-state index in [4.69, 9.17) is 5.11 Å². The van der Waals surface area contributed by atoms with Crippen LogP contribution >= 0.6 is 0 Å². The number of aliphatic carboxylic acids is 1. The molecule has 0 atom stereocenters. The molecule has 0 aromatic carbocycles. The van der Waals surface area contributed by atoms with Crippen molar-refractivity contribution in [1.82, 2.24) is 4.90 Å². The van der Waals surface area contributed by atoms with E-state index in [-0.39, 0.29) is 0 Å². The van der Waals surface area contributed by atoms with Crippen LogP contribution in [0, 0.1) is 0 Å². The van der Waals surface area contributed by atoms with E-state index in [1.54, 1.807) is 6.92 Å². The maximum Gasteiger partial charge on any atom is 0.330 e. The molecule has 0 aliphatic heterocycles. The Morgan fingerprint density at radius 3 is 2.00 bits per heavy atom. The third-order valence-corrected chi connectivity index (χ3v) is 3.37. The summed E-state index contributed by atoms with van der Waals surface area (Å²) in [4.78, 5) is 13.2. The molecule has 112 valence electrons. The number of carboxylic acid groups (broad SMARTS) is 1. The highest BCUT2D eigenvalue weighted by atomic mass is 16.4. The molecule has 0 aliphatic rings. The number of carbonyl (C=O) groups is 1. The smallest absolute Gasteiger partial charge is 0.330 e. The second-order valence-corrected chi connectivity index (χ2v) is 5.24. The minimum Gasteiger partial charge on any atom is -0.478 e. The second kappa shape index (κ2) is 12.2. The maximum atomic E-state index is 10.6. The molecule has 0 spiro atoms. The summed E-state index contributed by atoms with van der Waals surface area (Å²) in [5, 5.41) is 8.74. The molecule has 0 saturated heterocycles. The molecule has 1 N–H and O–H groups in total. The van der Waals surface area contributed by atoms with Crippen molar-refractivity contribution in [3.05, 3.63) is 11.6 Å². The van der Waals surface area contributed by atoms with Gasteiger partial charge in [-0.3, -0.25) is 0 Å². The summed E-state index contributed by atoms with van der Waals surface area (Å²) < 4.78 is 0. The fourth-order valence-corrected chi connectivity index (χ4v) is 1.98. The lowest BCUT2D eigenvalue weighted by Gasteiger charge is -2.21. The van der Waals surface area contributed by atoms with Crippen molar-refractivity contribution < 1.29 is 9.90 Å². The highest BCUT2D eigenvalue weighted by molar-refractivity contribution is 5.85. The third-order valence-electron chi connectivity index (χ3n) is 3.37. The molecule has 0 aromatic heterocycles. The molecule has 3 heteroatoms. The highest BCUT2D eigenvalue weighted by Crippen LogP contribution is 2.05. The molecule has 19 heavy (non-hydrogen) atoms. The Morgan fingerprint density at radius 2 is 1.53 bits per heavy atom. The number of rotatable bonds is 12. The summed E-state index contributed by atoms with van der Waals surface area (Å²) in [5.74, 6) is -0.799. The van der Waals surface area contributed by atoms with Gasteiger partial charge in [-0.25, -0.2) is 4.79 Å². The Hall–Kier alpha value is -0.830. The van der Waals surface area contributed by atoms with Gasteiger partial charge in [-0.1, -0.05) is 32.8 Å². The first-order chi connectivity index (χ1) is 9.11. The number of nitrogens with zero attached hydrogens (tertiary/aromatic N) is 1. The molecule has 0 aromatic rings. The second-order valence-electron chi connectivity index (χ2n) is 5.24. The van der Waals surface area contributed by atoms with Crippen LogP contribution in [-0.4, -0.2) is 35.6 Å². The molecule has 0 bridgehead atoms. The molecule has 3 nitrogen and oxygen atoms in total. The standard InChI is InChI=1S/C16H31NO2/c1-4-6-12-17(13-7-5-2)14-10-8-9-11-15(3)16(18)19/h11H,4-10,12-14H2,1-3H3,(H,18,19). The number of hydrogen-bond acceptors (Lipinski definition) is 2. The van der Waals surface area contributed by atoms with Crippen molar-refractivity contribution in [3.8, 4) is 0 Å². The van der Waals surface area contributed by atoms with Crippen LogP contribution in [0.4, 0.5) is 0 Å². The molecule has 0 unspecified atom stereocenters. The van der Waals surface area contributed by atoms with Crippen LogP contribution in [0.25, 0.3) is 0 Å². The van der Waals surface area contributed by atoms with Gasteiger partial charge in [-0.2, -0.15) is 0 Å². The minimum atomic E-state index is -0.799. The van der Waals surface area contributed by atoms with E-state index < -0.39 is 5.97 Å².